The molecular weight excluding hydrogens is 188 g/mol. The van der Waals surface area contributed by atoms with E-state index in [0.29, 0.717) is 0 Å². The first-order valence-corrected chi connectivity index (χ1v) is 6.45. The Kier molecular flexibility index (Phi) is 2.95. The van der Waals surface area contributed by atoms with Gasteiger partial charge in [0.05, 0.1) is 6.61 Å². The maximum absolute atomic E-state index is 5.67. The topological polar surface area (TPSA) is 24.5 Å². The fraction of sp³-hybridized carbons (Fsp3) is 0.917. The molecule has 2 heterocycles. The average Bonchev–Trinajstić information content (AvgIpc) is 2.82. The number of likely N-dealkylation sites (tertiary alicyclic amines) is 1. The van der Waals surface area contributed by atoms with Crippen LogP contribution in [0.15, 0.2) is 0 Å². The minimum absolute atomic E-state index is 0.771. The van der Waals surface area contributed by atoms with E-state index >= 15 is 0 Å². The summed E-state index contributed by atoms with van der Waals surface area (Å²) in [6.07, 6.45) is 9.52. The van der Waals surface area contributed by atoms with Crippen molar-refractivity contribution in [3.05, 3.63) is 6.35 Å². The molecule has 0 aromatic carbocycles. The van der Waals surface area contributed by atoms with Crippen LogP contribution >= 0.6 is 0 Å². The smallest absolute Gasteiger partial charge is 0.237 e. The Hall–Kier alpha value is -0.120. The fourth-order valence-corrected chi connectivity index (χ4v) is 3.42. The van der Waals surface area contributed by atoms with Crippen molar-refractivity contribution in [1.29, 1.82) is 0 Å². The lowest BCUT2D eigenvalue weighted by Crippen LogP contribution is -2.51. The number of piperidine rings is 1. The molecule has 1 aliphatic carbocycles. The SMILES string of the molecule is C1CCC2C(C1)CCCN2[C]1NCCO1. The highest BCUT2D eigenvalue weighted by Crippen LogP contribution is 2.37. The Morgan fingerprint density at radius 3 is 2.87 bits per heavy atom. The summed E-state index contributed by atoms with van der Waals surface area (Å²) in [5.41, 5.74) is 0. The summed E-state index contributed by atoms with van der Waals surface area (Å²) < 4.78 is 5.67. The summed E-state index contributed by atoms with van der Waals surface area (Å²) in [4.78, 5) is 2.51. The van der Waals surface area contributed by atoms with Gasteiger partial charge in [-0.1, -0.05) is 12.8 Å². The van der Waals surface area contributed by atoms with Crippen LogP contribution in [0, 0.1) is 12.3 Å². The molecule has 2 aliphatic heterocycles. The van der Waals surface area contributed by atoms with Crippen molar-refractivity contribution in [2.75, 3.05) is 19.7 Å². The highest BCUT2D eigenvalue weighted by molar-refractivity contribution is 4.94. The first-order chi connectivity index (χ1) is 7.45. The standard InChI is InChI=1S/C12H21N2O/c1-2-6-11-10(4-1)5-3-8-14(11)12-13-7-9-15-12/h10-11,13H,1-9H2. The van der Waals surface area contributed by atoms with Gasteiger partial charge >= 0.3 is 0 Å². The molecule has 1 N–H and O–H groups in total. The zero-order valence-electron chi connectivity index (χ0n) is 9.37. The Balaban J connectivity index is 1.69. The van der Waals surface area contributed by atoms with Gasteiger partial charge in [-0.2, -0.15) is 0 Å². The van der Waals surface area contributed by atoms with Gasteiger partial charge in [-0.15, -0.1) is 0 Å². The number of hydrogen-bond acceptors (Lipinski definition) is 3. The number of rotatable bonds is 1. The molecule has 3 nitrogen and oxygen atoms in total. The van der Waals surface area contributed by atoms with Crippen LogP contribution in [-0.4, -0.2) is 30.6 Å². The molecule has 2 atom stereocenters. The Morgan fingerprint density at radius 2 is 2.00 bits per heavy atom. The number of nitrogens with zero attached hydrogens (tertiary/aromatic N) is 1. The van der Waals surface area contributed by atoms with Crippen molar-refractivity contribution in [1.82, 2.24) is 10.2 Å². The van der Waals surface area contributed by atoms with Gasteiger partial charge < -0.3 is 4.74 Å². The van der Waals surface area contributed by atoms with E-state index in [9.17, 15) is 0 Å². The van der Waals surface area contributed by atoms with Crippen LogP contribution in [0.1, 0.15) is 38.5 Å². The second-order valence-corrected chi connectivity index (χ2v) is 5.03. The molecule has 2 unspecified atom stereocenters. The molecule has 0 aromatic rings. The van der Waals surface area contributed by atoms with Crippen molar-refractivity contribution in [3.63, 3.8) is 0 Å². The Morgan fingerprint density at radius 1 is 1.13 bits per heavy atom. The quantitative estimate of drug-likeness (QED) is 0.711. The van der Waals surface area contributed by atoms with E-state index < -0.39 is 0 Å². The summed E-state index contributed by atoms with van der Waals surface area (Å²) >= 11 is 0. The summed E-state index contributed by atoms with van der Waals surface area (Å²) in [5.74, 6) is 0.936. The van der Waals surface area contributed by atoms with Crippen molar-refractivity contribution in [2.24, 2.45) is 5.92 Å². The first-order valence-electron chi connectivity index (χ1n) is 6.45. The van der Waals surface area contributed by atoms with Crippen molar-refractivity contribution in [2.45, 2.75) is 44.6 Å². The van der Waals surface area contributed by atoms with Crippen LogP contribution in [0.4, 0.5) is 0 Å². The molecule has 0 bridgehead atoms. The van der Waals surface area contributed by atoms with Gasteiger partial charge in [0.1, 0.15) is 0 Å². The maximum Gasteiger partial charge on any atom is 0.237 e. The summed E-state index contributed by atoms with van der Waals surface area (Å²) in [6.45, 7) is 3.04. The molecule has 1 saturated carbocycles. The lowest BCUT2D eigenvalue weighted by Gasteiger charge is -2.45. The second kappa shape index (κ2) is 4.40. The van der Waals surface area contributed by atoms with Crippen molar-refractivity contribution < 1.29 is 4.74 Å². The first kappa shape index (κ1) is 10.1. The van der Waals surface area contributed by atoms with Gasteiger partial charge in [0.25, 0.3) is 0 Å². The monoisotopic (exact) mass is 209 g/mol. The van der Waals surface area contributed by atoms with Crippen LogP contribution in [0.3, 0.4) is 0 Å². The van der Waals surface area contributed by atoms with Crippen LogP contribution in [-0.2, 0) is 4.74 Å². The highest BCUT2D eigenvalue weighted by Gasteiger charge is 2.38. The van der Waals surface area contributed by atoms with Gasteiger partial charge in [0, 0.05) is 19.1 Å². The van der Waals surface area contributed by atoms with E-state index in [0.717, 1.165) is 31.5 Å². The van der Waals surface area contributed by atoms with Crippen molar-refractivity contribution >= 4 is 0 Å². The van der Waals surface area contributed by atoms with E-state index in [1.807, 2.05) is 0 Å². The Labute approximate surface area is 92.2 Å². The molecule has 0 amide bonds. The normalized spacial score (nSPS) is 39.2. The summed E-state index contributed by atoms with van der Waals surface area (Å²) in [6, 6.07) is 0.771. The number of ether oxygens (including phenoxy) is 1. The van der Waals surface area contributed by atoms with E-state index in [4.69, 9.17) is 4.74 Å². The predicted octanol–water partition coefficient (Wildman–Crippen LogP) is 1.71. The van der Waals surface area contributed by atoms with E-state index in [1.54, 1.807) is 0 Å². The minimum Gasteiger partial charge on any atom is -0.341 e. The molecule has 0 spiro atoms. The number of nitrogens with one attached hydrogen (secondary N) is 1. The van der Waals surface area contributed by atoms with Gasteiger partial charge in [0.15, 0.2) is 0 Å². The van der Waals surface area contributed by atoms with Gasteiger partial charge in [-0.05, 0) is 31.6 Å². The lowest BCUT2D eigenvalue weighted by molar-refractivity contribution is -0.0183. The molecule has 3 rings (SSSR count). The van der Waals surface area contributed by atoms with Crippen LogP contribution in [0.2, 0.25) is 0 Å². The number of hydrogen-bond donors (Lipinski definition) is 1. The molecule has 1 radical (unpaired) electrons. The highest BCUT2D eigenvalue weighted by atomic mass is 16.5. The summed E-state index contributed by atoms with van der Waals surface area (Å²) in [5, 5.41) is 3.38. The molecule has 3 aliphatic rings. The number of fused-ring (bicyclic) bond motifs is 1. The maximum atomic E-state index is 5.67. The molecule has 3 heteroatoms. The second-order valence-electron chi connectivity index (χ2n) is 5.03. The zero-order valence-corrected chi connectivity index (χ0v) is 9.37. The fourth-order valence-electron chi connectivity index (χ4n) is 3.42. The van der Waals surface area contributed by atoms with E-state index in [2.05, 4.69) is 10.2 Å². The van der Waals surface area contributed by atoms with E-state index in [1.165, 1.54) is 45.1 Å². The van der Waals surface area contributed by atoms with Crippen molar-refractivity contribution in [3.8, 4) is 0 Å². The largest absolute Gasteiger partial charge is 0.341 e. The summed E-state index contributed by atoms with van der Waals surface area (Å²) in [7, 11) is 0. The molecule has 15 heavy (non-hydrogen) atoms. The molecular formula is C12H21N2O. The molecule has 0 aromatic heterocycles. The van der Waals surface area contributed by atoms with Crippen LogP contribution in [0.25, 0.3) is 0 Å². The third-order valence-electron chi connectivity index (χ3n) is 4.12. The van der Waals surface area contributed by atoms with Crippen LogP contribution < -0.4 is 5.32 Å². The minimum atomic E-state index is 0.771. The lowest BCUT2D eigenvalue weighted by atomic mass is 9.78. The zero-order chi connectivity index (χ0) is 10.1. The van der Waals surface area contributed by atoms with E-state index in [-0.39, 0.29) is 0 Å². The predicted molar refractivity (Wildman–Crippen MR) is 58.9 cm³/mol. The van der Waals surface area contributed by atoms with Gasteiger partial charge in [-0.25, -0.2) is 0 Å². The van der Waals surface area contributed by atoms with Crippen LogP contribution in [0.5, 0.6) is 0 Å². The Bertz CT molecular complexity index is 214. The molecule has 85 valence electrons. The molecule has 3 fully saturated rings. The third-order valence-corrected chi connectivity index (χ3v) is 4.12. The average molecular weight is 209 g/mol. The molecule has 2 saturated heterocycles. The van der Waals surface area contributed by atoms with Gasteiger partial charge in [-0.3, -0.25) is 10.2 Å². The third kappa shape index (κ3) is 1.93. The van der Waals surface area contributed by atoms with Gasteiger partial charge in [0.2, 0.25) is 6.35 Å².